The Morgan fingerprint density at radius 3 is 3.00 bits per heavy atom. The van der Waals surface area contributed by atoms with Crippen molar-refractivity contribution in [2.24, 2.45) is 0 Å². The molecule has 1 aromatic carbocycles. The first-order chi connectivity index (χ1) is 11.1. The minimum atomic E-state index is -0.347. The molecule has 0 unspecified atom stereocenters. The SMILES string of the molecule is Cc1ccc(NC(=O)CCc2nc(-c3ccsc3)no2)cc1F. The summed E-state index contributed by atoms with van der Waals surface area (Å²) in [6, 6.07) is 6.49. The van der Waals surface area contributed by atoms with E-state index in [1.54, 1.807) is 30.4 Å². The van der Waals surface area contributed by atoms with Crippen LogP contribution < -0.4 is 5.32 Å². The van der Waals surface area contributed by atoms with Crippen molar-refractivity contribution in [3.8, 4) is 11.4 Å². The monoisotopic (exact) mass is 331 g/mol. The molecule has 0 atom stereocenters. The van der Waals surface area contributed by atoms with Gasteiger partial charge < -0.3 is 9.84 Å². The molecule has 0 aliphatic heterocycles. The van der Waals surface area contributed by atoms with E-state index in [0.717, 1.165) is 5.56 Å². The Balaban J connectivity index is 1.55. The number of nitrogens with one attached hydrogen (secondary N) is 1. The fourth-order valence-electron chi connectivity index (χ4n) is 1.98. The number of aromatic nitrogens is 2. The van der Waals surface area contributed by atoms with Crippen molar-refractivity contribution in [2.45, 2.75) is 19.8 Å². The molecule has 7 heteroatoms. The Morgan fingerprint density at radius 2 is 2.26 bits per heavy atom. The molecule has 3 aromatic rings. The van der Waals surface area contributed by atoms with Gasteiger partial charge in [0.1, 0.15) is 5.82 Å². The summed E-state index contributed by atoms with van der Waals surface area (Å²) in [5, 5.41) is 10.4. The standard InChI is InChI=1S/C16H14FN3O2S/c1-10-2-3-12(8-13(10)17)18-14(21)4-5-15-19-16(20-22-15)11-6-7-23-9-11/h2-3,6-9H,4-5H2,1H3,(H,18,21). The molecule has 0 aliphatic rings. The summed E-state index contributed by atoms with van der Waals surface area (Å²) < 4.78 is 18.6. The zero-order valence-corrected chi connectivity index (χ0v) is 13.2. The Morgan fingerprint density at radius 1 is 1.39 bits per heavy atom. The molecule has 0 saturated carbocycles. The molecule has 118 valence electrons. The van der Waals surface area contributed by atoms with Gasteiger partial charge in [-0.25, -0.2) is 4.39 Å². The maximum Gasteiger partial charge on any atom is 0.227 e. The zero-order chi connectivity index (χ0) is 16.2. The van der Waals surface area contributed by atoms with Crippen molar-refractivity contribution in [1.29, 1.82) is 0 Å². The summed E-state index contributed by atoms with van der Waals surface area (Å²) in [5.74, 6) is 0.336. The summed E-state index contributed by atoms with van der Waals surface area (Å²) in [6.45, 7) is 1.67. The van der Waals surface area contributed by atoms with E-state index in [9.17, 15) is 9.18 Å². The van der Waals surface area contributed by atoms with Crippen LogP contribution in [-0.4, -0.2) is 16.0 Å². The topological polar surface area (TPSA) is 68.0 Å². The normalized spacial score (nSPS) is 10.7. The van der Waals surface area contributed by atoms with E-state index in [0.29, 0.717) is 29.4 Å². The summed E-state index contributed by atoms with van der Waals surface area (Å²) in [5.41, 5.74) is 1.86. The first kappa shape index (κ1) is 15.4. The minimum Gasteiger partial charge on any atom is -0.339 e. The molecule has 23 heavy (non-hydrogen) atoms. The first-order valence-corrected chi connectivity index (χ1v) is 7.97. The molecule has 2 aromatic heterocycles. The third kappa shape index (κ3) is 3.81. The van der Waals surface area contributed by atoms with Gasteiger partial charge in [-0.1, -0.05) is 11.2 Å². The van der Waals surface area contributed by atoms with E-state index in [1.807, 2.05) is 16.8 Å². The molecular weight excluding hydrogens is 317 g/mol. The number of carbonyl (C=O) groups is 1. The van der Waals surface area contributed by atoms with Gasteiger partial charge in [-0.2, -0.15) is 16.3 Å². The van der Waals surface area contributed by atoms with Gasteiger partial charge in [0.2, 0.25) is 17.6 Å². The molecule has 1 amide bonds. The number of hydrogen-bond donors (Lipinski definition) is 1. The lowest BCUT2D eigenvalue weighted by molar-refractivity contribution is -0.116. The van der Waals surface area contributed by atoms with Gasteiger partial charge in [0, 0.05) is 29.5 Å². The summed E-state index contributed by atoms with van der Waals surface area (Å²) >= 11 is 1.55. The van der Waals surface area contributed by atoms with Crippen molar-refractivity contribution in [3.63, 3.8) is 0 Å². The predicted molar refractivity (Wildman–Crippen MR) is 85.7 cm³/mol. The Labute approximate surface area is 136 Å². The van der Waals surface area contributed by atoms with Crippen molar-refractivity contribution >= 4 is 22.9 Å². The maximum absolute atomic E-state index is 13.4. The lowest BCUT2D eigenvalue weighted by Gasteiger charge is -2.05. The van der Waals surface area contributed by atoms with Gasteiger partial charge in [0.25, 0.3) is 0 Å². The van der Waals surface area contributed by atoms with Crippen LogP contribution in [0, 0.1) is 12.7 Å². The largest absolute Gasteiger partial charge is 0.339 e. The van der Waals surface area contributed by atoms with E-state index in [1.165, 1.54) is 6.07 Å². The fourth-order valence-corrected chi connectivity index (χ4v) is 2.61. The Bertz CT molecular complexity index is 815. The number of thiophene rings is 1. The van der Waals surface area contributed by atoms with Crippen LogP contribution in [0.1, 0.15) is 17.9 Å². The molecule has 0 saturated heterocycles. The molecule has 0 spiro atoms. The minimum absolute atomic E-state index is 0.181. The van der Waals surface area contributed by atoms with Crippen LogP contribution in [0.3, 0.4) is 0 Å². The van der Waals surface area contributed by atoms with Gasteiger partial charge >= 0.3 is 0 Å². The van der Waals surface area contributed by atoms with E-state index < -0.39 is 0 Å². The predicted octanol–water partition coefficient (Wildman–Crippen LogP) is 3.82. The molecule has 2 heterocycles. The molecule has 0 radical (unpaired) electrons. The third-order valence-corrected chi connectivity index (χ3v) is 3.95. The van der Waals surface area contributed by atoms with Gasteiger partial charge in [-0.3, -0.25) is 4.79 Å². The van der Waals surface area contributed by atoms with Gasteiger partial charge in [-0.05, 0) is 36.1 Å². The molecule has 0 fully saturated rings. The molecule has 0 aliphatic carbocycles. The summed E-state index contributed by atoms with van der Waals surface area (Å²) in [6.07, 6.45) is 0.512. The van der Waals surface area contributed by atoms with Crippen LogP contribution in [0.2, 0.25) is 0 Å². The quantitative estimate of drug-likeness (QED) is 0.772. The van der Waals surface area contributed by atoms with Crippen molar-refractivity contribution in [2.75, 3.05) is 5.32 Å². The first-order valence-electron chi connectivity index (χ1n) is 7.03. The molecule has 3 rings (SSSR count). The van der Waals surface area contributed by atoms with Gasteiger partial charge in [0.05, 0.1) is 0 Å². The molecule has 0 bridgehead atoms. The highest BCUT2D eigenvalue weighted by molar-refractivity contribution is 7.08. The van der Waals surface area contributed by atoms with E-state index in [-0.39, 0.29) is 18.1 Å². The maximum atomic E-state index is 13.4. The van der Waals surface area contributed by atoms with Crippen LogP contribution in [-0.2, 0) is 11.2 Å². The number of amides is 1. The van der Waals surface area contributed by atoms with E-state index >= 15 is 0 Å². The van der Waals surface area contributed by atoms with Crippen molar-refractivity contribution in [1.82, 2.24) is 10.1 Å². The van der Waals surface area contributed by atoms with Crippen LogP contribution in [0.15, 0.2) is 39.5 Å². The van der Waals surface area contributed by atoms with Crippen LogP contribution >= 0.6 is 11.3 Å². The summed E-state index contributed by atoms with van der Waals surface area (Å²) in [7, 11) is 0. The number of rotatable bonds is 5. The average Bonchev–Trinajstić information content (AvgIpc) is 3.19. The number of benzene rings is 1. The van der Waals surface area contributed by atoms with Crippen molar-refractivity contribution in [3.05, 3.63) is 52.3 Å². The second-order valence-electron chi connectivity index (χ2n) is 5.04. The molecule has 5 nitrogen and oxygen atoms in total. The molecular formula is C16H14FN3O2S. The van der Waals surface area contributed by atoms with Crippen LogP contribution in [0.4, 0.5) is 10.1 Å². The highest BCUT2D eigenvalue weighted by Crippen LogP contribution is 2.19. The number of carbonyl (C=O) groups excluding carboxylic acids is 1. The van der Waals surface area contributed by atoms with Crippen LogP contribution in [0.5, 0.6) is 0 Å². The second kappa shape index (κ2) is 6.70. The Hall–Kier alpha value is -2.54. The number of aryl methyl sites for hydroxylation is 2. The number of anilines is 1. The van der Waals surface area contributed by atoms with Gasteiger partial charge in [-0.15, -0.1) is 0 Å². The van der Waals surface area contributed by atoms with E-state index in [4.69, 9.17) is 4.52 Å². The van der Waals surface area contributed by atoms with E-state index in [2.05, 4.69) is 15.5 Å². The molecule has 1 N–H and O–H groups in total. The second-order valence-corrected chi connectivity index (χ2v) is 5.82. The lowest BCUT2D eigenvalue weighted by Crippen LogP contribution is -2.12. The average molecular weight is 331 g/mol. The Kier molecular flexibility index (Phi) is 4.47. The number of halogens is 1. The van der Waals surface area contributed by atoms with Gasteiger partial charge in [0.15, 0.2) is 0 Å². The van der Waals surface area contributed by atoms with Crippen LogP contribution in [0.25, 0.3) is 11.4 Å². The number of nitrogens with zero attached hydrogens (tertiary/aromatic N) is 2. The highest BCUT2D eigenvalue weighted by atomic mass is 32.1. The zero-order valence-electron chi connectivity index (χ0n) is 12.4. The third-order valence-electron chi connectivity index (χ3n) is 3.27. The summed E-state index contributed by atoms with van der Waals surface area (Å²) in [4.78, 5) is 16.1. The lowest BCUT2D eigenvalue weighted by atomic mass is 10.2. The number of hydrogen-bond acceptors (Lipinski definition) is 5. The highest BCUT2D eigenvalue weighted by Gasteiger charge is 2.11. The smallest absolute Gasteiger partial charge is 0.227 e. The fraction of sp³-hybridized carbons (Fsp3) is 0.188. The van der Waals surface area contributed by atoms with Crippen molar-refractivity contribution < 1.29 is 13.7 Å².